The number of hydrogen-bond acceptors (Lipinski definition) is 6. The van der Waals surface area contributed by atoms with Crippen molar-refractivity contribution in [1.29, 1.82) is 0 Å². The van der Waals surface area contributed by atoms with Gasteiger partial charge in [0.1, 0.15) is 13.2 Å². The summed E-state index contributed by atoms with van der Waals surface area (Å²) in [7, 11) is 0. The van der Waals surface area contributed by atoms with Crippen LogP contribution in [-0.2, 0) is 28.6 Å². The van der Waals surface area contributed by atoms with Gasteiger partial charge in [0.05, 0.1) is 0 Å². The van der Waals surface area contributed by atoms with Crippen LogP contribution in [0.3, 0.4) is 0 Å². The quantitative estimate of drug-likeness (QED) is 0.0261. The van der Waals surface area contributed by atoms with Gasteiger partial charge < -0.3 is 14.2 Å². The lowest BCUT2D eigenvalue weighted by molar-refractivity contribution is -0.167. The first kappa shape index (κ1) is 78.1. The van der Waals surface area contributed by atoms with Gasteiger partial charge in [0, 0.05) is 19.3 Å². The molecule has 0 aliphatic heterocycles. The number of ether oxygens (including phenoxy) is 3. The van der Waals surface area contributed by atoms with Crippen molar-refractivity contribution in [3.8, 4) is 0 Å². The Morgan fingerprint density at radius 2 is 0.481 bits per heavy atom. The maximum absolute atomic E-state index is 12.9. The Bertz CT molecular complexity index is 1440. The lowest BCUT2D eigenvalue weighted by atomic mass is 10.0. The first-order valence-electron chi connectivity index (χ1n) is 35.8. The molecule has 0 amide bonds. The van der Waals surface area contributed by atoms with Crippen molar-refractivity contribution < 1.29 is 28.6 Å². The molecule has 0 fully saturated rings. The second kappa shape index (κ2) is 69.6. The van der Waals surface area contributed by atoms with Crippen molar-refractivity contribution in [3.05, 3.63) is 60.8 Å². The average molecular weight is 1130 g/mol. The van der Waals surface area contributed by atoms with Gasteiger partial charge in [-0.2, -0.15) is 0 Å². The number of rotatable bonds is 66. The van der Waals surface area contributed by atoms with Crippen LogP contribution >= 0.6 is 0 Å². The fourth-order valence-corrected chi connectivity index (χ4v) is 10.7. The minimum absolute atomic E-state index is 0.0920. The molecular formula is C75H136O6. The highest BCUT2D eigenvalue weighted by Crippen LogP contribution is 2.19. The number of carbonyl (C=O) groups excluding carboxylic acids is 3. The lowest BCUT2D eigenvalue weighted by Gasteiger charge is -2.18. The highest BCUT2D eigenvalue weighted by Gasteiger charge is 2.19. The molecule has 1 unspecified atom stereocenters. The molecule has 0 bridgehead atoms. The Morgan fingerprint density at radius 3 is 0.741 bits per heavy atom. The zero-order valence-electron chi connectivity index (χ0n) is 54.3. The molecule has 0 aromatic heterocycles. The largest absolute Gasteiger partial charge is 0.462 e. The van der Waals surface area contributed by atoms with Crippen LogP contribution in [0.15, 0.2) is 60.8 Å². The first-order valence-corrected chi connectivity index (χ1v) is 35.8. The van der Waals surface area contributed by atoms with E-state index in [1.54, 1.807) is 0 Å². The zero-order valence-corrected chi connectivity index (χ0v) is 54.3. The molecular weight excluding hydrogens is 997 g/mol. The molecule has 0 aromatic carbocycles. The Balaban J connectivity index is 4.23. The lowest BCUT2D eigenvalue weighted by Crippen LogP contribution is -2.30. The summed E-state index contributed by atoms with van der Waals surface area (Å²) in [6.07, 6.45) is 89.9. The van der Waals surface area contributed by atoms with E-state index in [2.05, 4.69) is 81.5 Å². The molecule has 0 aliphatic rings. The summed E-state index contributed by atoms with van der Waals surface area (Å²) in [4.78, 5) is 38.4. The monoisotopic (exact) mass is 1130 g/mol. The molecule has 81 heavy (non-hydrogen) atoms. The van der Waals surface area contributed by atoms with Gasteiger partial charge in [-0.25, -0.2) is 0 Å². The van der Waals surface area contributed by atoms with Crippen LogP contribution in [0.4, 0.5) is 0 Å². The third-order valence-corrected chi connectivity index (χ3v) is 16.0. The van der Waals surface area contributed by atoms with Crippen LogP contribution in [0.1, 0.15) is 380 Å². The third-order valence-electron chi connectivity index (χ3n) is 16.0. The fraction of sp³-hybridized carbons (Fsp3) is 0.827. The Hall–Kier alpha value is -2.89. The summed E-state index contributed by atoms with van der Waals surface area (Å²) in [6.45, 7) is 6.55. The van der Waals surface area contributed by atoms with Gasteiger partial charge in [-0.3, -0.25) is 14.4 Å². The number of unbranched alkanes of at least 4 members (excludes halogenated alkanes) is 45. The van der Waals surface area contributed by atoms with Crippen molar-refractivity contribution in [2.75, 3.05) is 13.2 Å². The standard InChI is InChI=1S/C75H136O6/c1-4-7-10-13-16-19-22-25-28-31-32-33-34-35-36-37-38-39-40-41-42-43-45-47-50-53-56-59-62-65-68-74(77)80-71-72(70-79-73(76)67-64-61-58-55-52-49-46-30-27-24-21-18-15-12-9-6-3)81-75(78)69-66-63-60-57-54-51-48-44-29-26-23-20-17-14-11-8-5-2/h8,11,17,20,26,29,48,51,57,60,72H,4-7,9-10,12-16,18-19,21-25,27-28,30-47,49-50,52-56,58-59,61-71H2,1-3H3/b11-8-,20-17-,29-26-,51-48-,60-57-. The summed E-state index contributed by atoms with van der Waals surface area (Å²) >= 11 is 0. The van der Waals surface area contributed by atoms with Crippen molar-refractivity contribution in [3.63, 3.8) is 0 Å². The van der Waals surface area contributed by atoms with Crippen LogP contribution in [0.2, 0.25) is 0 Å². The number of allylic oxidation sites excluding steroid dienone is 10. The van der Waals surface area contributed by atoms with E-state index < -0.39 is 6.10 Å². The molecule has 1 atom stereocenters. The molecule has 0 aliphatic carbocycles. The van der Waals surface area contributed by atoms with E-state index in [9.17, 15) is 14.4 Å². The van der Waals surface area contributed by atoms with Gasteiger partial charge in [-0.1, -0.05) is 364 Å². The highest BCUT2D eigenvalue weighted by atomic mass is 16.6. The summed E-state index contributed by atoms with van der Waals surface area (Å²) in [6, 6.07) is 0. The Labute approximate surface area is 504 Å². The molecule has 6 heteroatoms. The molecule has 472 valence electrons. The summed E-state index contributed by atoms with van der Waals surface area (Å²) in [5, 5.41) is 0. The van der Waals surface area contributed by atoms with Gasteiger partial charge in [0.25, 0.3) is 0 Å². The molecule has 0 N–H and O–H groups in total. The molecule has 0 spiro atoms. The molecule has 0 rings (SSSR count). The minimum atomic E-state index is -0.802. The van der Waals surface area contributed by atoms with Crippen LogP contribution < -0.4 is 0 Å². The van der Waals surface area contributed by atoms with Crippen LogP contribution in [0.25, 0.3) is 0 Å². The van der Waals surface area contributed by atoms with Gasteiger partial charge in [0.2, 0.25) is 0 Å². The number of hydrogen-bond donors (Lipinski definition) is 0. The highest BCUT2D eigenvalue weighted by molar-refractivity contribution is 5.71. The molecule has 6 nitrogen and oxygen atoms in total. The Kier molecular flexibility index (Phi) is 67.1. The minimum Gasteiger partial charge on any atom is -0.462 e. The predicted octanol–water partition coefficient (Wildman–Crippen LogP) is 24.7. The predicted molar refractivity (Wildman–Crippen MR) is 353 cm³/mol. The molecule has 0 saturated heterocycles. The van der Waals surface area contributed by atoms with Crippen LogP contribution in [0, 0.1) is 0 Å². The second-order valence-corrected chi connectivity index (χ2v) is 24.1. The van der Waals surface area contributed by atoms with E-state index in [-0.39, 0.29) is 37.5 Å². The topological polar surface area (TPSA) is 78.9 Å². The maximum Gasteiger partial charge on any atom is 0.306 e. The summed E-state index contributed by atoms with van der Waals surface area (Å²) < 4.78 is 16.9. The van der Waals surface area contributed by atoms with Crippen molar-refractivity contribution >= 4 is 17.9 Å². The maximum atomic E-state index is 12.9. The summed E-state index contributed by atoms with van der Waals surface area (Å²) in [5.41, 5.74) is 0. The Morgan fingerprint density at radius 1 is 0.259 bits per heavy atom. The smallest absolute Gasteiger partial charge is 0.306 e. The van der Waals surface area contributed by atoms with Gasteiger partial charge in [-0.15, -0.1) is 0 Å². The average Bonchev–Trinajstić information content (AvgIpc) is 3.47. The summed E-state index contributed by atoms with van der Waals surface area (Å²) in [5.74, 6) is -0.926. The number of esters is 3. The van der Waals surface area contributed by atoms with E-state index in [1.165, 1.54) is 257 Å². The van der Waals surface area contributed by atoms with Gasteiger partial charge in [-0.05, 0) is 57.8 Å². The number of carbonyl (C=O) groups is 3. The van der Waals surface area contributed by atoms with E-state index in [4.69, 9.17) is 14.2 Å². The van der Waals surface area contributed by atoms with Crippen molar-refractivity contribution in [1.82, 2.24) is 0 Å². The molecule has 0 heterocycles. The van der Waals surface area contributed by atoms with E-state index in [0.29, 0.717) is 19.3 Å². The van der Waals surface area contributed by atoms with E-state index >= 15 is 0 Å². The zero-order chi connectivity index (χ0) is 58.5. The van der Waals surface area contributed by atoms with Gasteiger partial charge in [0.15, 0.2) is 6.10 Å². The molecule has 0 saturated carbocycles. The van der Waals surface area contributed by atoms with Gasteiger partial charge >= 0.3 is 17.9 Å². The van der Waals surface area contributed by atoms with Crippen molar-refractivity contribution in [2.45, 2.75) is 386 Å². The second-order valence-electron chi connectivity index (χ2n) is 24.1. The molecule has 0 aromatic rings. The normalized spacial score (nSPS) is 12.4. The fourth-order valence-electron chi connectivity index (χ4n) is 10.7. The SMILES string of the molecule is CC/C=C\C/C=C\C/C=C\C/C=C\C/C=C\CCCC(=O)OC(COC(=O)CCCCCCCCCCCCCCCCCC)COC(=O)CCCCCCCCCCCCCCCCCCCCCCCCCCCCCCCC. The van der Waals surface area contributed by atoms with E-state index in [1.807, 2.05) is 0 Å². The van der Waals surface area contributed by atoms with Crippen molar-refractivity contribution in [2.24, 2.45) is 0 Å². The van der Waals surface area contributed by atoms with E-state index in [0.717, 1.165) is 77.0 Å². The third kappa shape index (κ3) is 67.8. The first-order chi connectivity index (χ1) is 40.0. The van der Waals surface area contributed by atoms with Crippen LogP contribution in [-0.4, -0.2) is 37.2 Å². The van der Waals surface area contributed by atoms with Crippen LogP contribution in [0.5, 0.6) is 0 Å². The molecule has 0 radical (unpaired) electrons.